The van der Waals surface area contributed by atoms with Crippen LogP contribution in [-0.4, -0.2) is 24.6 Å². The van der Waals surface area contributed by atoms with E-state index >= 15 is 0 Å². The molecule has 0 unspecified atom stereocenters. The molecule has 0 bridgehead atoms. The highest BCUT2D eigenvalue weighted by atomic mass is 32.3. The van der Waals surface area contributed by atoms with Crippen LogP contribution in [0.15, 0.2) is 18.2 Å². The van der Waals surface area contributed by atoms with Gasteiger partial charge in [-0.3, -0.25) is 4.18 Å². The molecule has 0 atom stereocenters. The lowest BCUT2D eigenvalue weighted by molar-refractivity contribution is -0.668. The molecule has 6 nitrogen and oxygen atoms in total. The Bertz CT molecular complexity index is 783. The predicted octanol–water partition coefficient (Wildman–Crippen LogP) is 1.25. The summed E-state index contributed by atoms with van der Waals surface area (Å²) in [6, 6.07) is 3.98. The molecule has 124 valence electrons. The average molecular weight is 344 g/mol. The first-order valence-electron chi connectivity index (χ1n) is 5.61. The quantitative estimate of drug-likeness (QED) is 0.338. The summed E-state index contributed by atoms with van der Waals surface area (Å²) in [6.45, 7) is 0. The number of imidazole rings is 1. The van der Waals surface area contributed by atoms with E-state index in [2.05, 4.69) is 4.18 Å². The van der Waals surface area contributed by atoms with Gasteiger partial charge in [0, 0.05) is 0 Å². The van der Waals surface area contributed by atoms with E-state index in [1.807, 2.05) is 0 Å². The third-order valence-corrected chi connectivity index (χ3v) is 3.16. The second-order valence-corrected chi connectivity index (χ2v) is 5.27. The van der Waals surface area contributed by atoms with Gasteiger partial charge in [0.1, 0.15) is 0 Å². The second kappa shape index (κ2) is 6.18. The van der Waals surface area contributed by atoms with Gasteiger partial charge >= 0.3 is 12.0 Å². The van der Waals surface area contributed by atoms with Crippen molar-refractivity contribution >= 4 is 21.4 Å². The molecule has 0 aliphatic carbocycles. The molecule has 2 rings (SSSR count). The molecule has 1 heterocycles. The summed E-state index contributed by atoms with van der Waals surface area (Å²) in [7, 11) is -1.13. The fourth-order valence-electron chi connectivity index (χ4n) is 1.93. The summed E-state index contributed by atoms with van der Waals surface area (Å²) in [5.74, 6) is -1.54. The minimum atomic E-state index is -4.50. The normalized spacial score (nSPS) is 12.2. The molecule has 2 aromatic rings. The lowest BCUT2D eigenvalue weighted by atomic mass is 10.3. The zero-order valence-electron chi connectivity index (χ0n) is 11.7. The number of rotatable bonds is 1. The van der Waals surface area contributed by atoms with Crippen LogP contribution in [0, 0.1) is 5.82 Å². The van der Waals surface area contributed by atoms with Gasteiger partial charge in [-0.05, 0) is 12.1 Å². The van der Waals surface area contributed by atoms with Crippen molar-refractivity contribution in [1.29, 1.82) is 0 Å². The van der Waals surface area contributed by atoms with E-state index in [0.29, 0.717) is 0 Å². The Hall–Kier alpha value is -1.72. The number of fused-ring (bicyclic) bond motifs is 1. The Labute approximate surface area is 123 Å². The van der Waals surface area contributed by atoms with Crippen molar-refractivity contribution in [3.8, 4) is 0 Å². The smallest absolute Gasteiger partial charge is 0.495 e. The van der Waals surface area contributed by atoms with Gasteiger partial charge in [0.25, 0.3) is 0 Å². The number of halogens is 4. The molecule has 0 N–H and O–H groups in total. The van der Waals surface area contributed by atoms with Gasteiger partial charge < -0.3 is 4.55 Å². The second-order valence-electron chi connectivity index (χ2n) is 4.12. The minimum Gasteiger partial charge on any atom is -0.726 e. The number of alkyl halides is 3. The van der Waals surface area contributed by atoms with E-state index in [4.69, 9.17) is 0 Å². The number of benzene rings is 1. The van der Waals surface area contributed by atoms with E-state index in [0.717, 1.165) is 22.3 Å². The first kappa shape index (κ1) is 18.3. The van der Waals surface area contributed by atoms with Crippen molar-refractivity contribution < 1.29 is 39.3 Å². The minimum absolute atomic E-state index is 0.0441. The van der Waals surface area contributed by atoms with Gasteiger partial charge in [-0.15, -0.1) is 0 Å². The molecular weight excluding hydrogens is 332 g/mol. The van der Waals surface area contributed by atoms with Crippen LogP contribution in [0.3, 0.4) is 0 Å². The SMILES string of the molecule is COS(=O)(=O)[O-].Cn1c(C(F)(F)F)[n+](C)c2c(F)cccc21. The Morgan fingerprint density at radius 2 is 1.82 bits per heavy atom. The number of nitrogens with zero attached hydrogens (tertiary/aromatic N) is 2. The van der Waals surface area contributed by atoms with Crippen LogP contribution in [0.25, 0.3) is 11.0 Å². The van der Waals surface area contributed by atoms with Gasteiger partial charge in [-0.1, -0.05) is 6.07 Å². The molecule has 1 aromatic heterocycles. The summed E-state index contributed by atoms with van der Waals surface area (Å²) in [5.41, 5.74) is 0.173. The molecule has 0 saturated carbocycles. The number of para-hydroxylation sites is 1. The van der Waals surface area contributed by atoms with E-state index in [-0.39, 0.29) is 11.0 Å². The maximum absolute atomic E-state index is 13.4. The molecular formula is C11H12F4N2O4S. The third kappa shape index (κ3) is 3.93. The maximum atomic E-state index is 13.4. The van der Waals surface area contributed by atoms with Gasteiger partial charge in [0.05, 0.1) is 21.2 Å². The number of hydrogen-bond donors (Lipinski definition) is 0. The molecule has 0 saturated heterocycles. The molecule has 22 heavy (non-hydrogen) atoms. The van der Waals surface area contributed by atoms with Crippen molar-refractivity contribution in [1.82, 2.24) is 4.57 Å². The summed E-state index contributed by atoms with van der Waals surface area (Å²) in [4.78, 5) is 0. The summed E-state index contributed by atoms with van der Waals surface area (Å²) < 4.78 is 84.4. The summed E-state index contributed by atoms with van der Waals surface area (Å²) in [6.07, 6.45) is -4.50. The van der Waals surface area contributed by atoms with Crippen molar-refractivity contribution in [2.45, 2.75) is 6.18 Å². The molecule has 0 aliphatic rings. The molecule has 1 aromatic carbocycles. The van der Waals surface area contributed by atoms with E-state index < -0.39 is 28.2 Å². The monoisotopic (exact) mass is 344 g/mol. The highest BCUT2D eigenvalue weighted by Gasteiger charge is 2.45. The Morgan fingerprint density at radius 3 is 2.18 bits per heavy atom. The van der Waals surface area contributed by atoms with E-state index in [1.54, 1.807) is 0 Å². The Kier molecular flexibility index (Phi) is 5.15. The first-order valence-corrected chi connectivity index (χ1v) is 6.95. The van der Waals surface area contributed by atoms with Crippen molar-refractivity contribution in [2.24, 2.45) is 14.1 Å². The molecule has 11 heteroatoms. The summed E-state index contributed by atoms with van der Waals surface area (Å²) >= 11 is 0. The van der Waals surface area contributed by atoms with Crippen LogP contribution in [0.2, 0.25) is 0 Å². The fraction of sp³-hybridized carbons (Fsp3) is 0.364. The molecule has 0 amide bonds. The summed E-state index contributed by atoms with van der Waals surface area (Å²) in [5, 5.41) is 0. The first-order chi connectivity index (χ1) is 9.90. The standard InChI is InChI=1S/C10H9F4N2.CH4O4S/c1-15-7-5-3-4-6(11)8(7)16(2)9(15)10(12,13)14;1-5-6(2,3)4/h3-5H,1-2H3;1H3,(H,2,3,4)/q+1;/p-1. The molecule has 0 radical (unpaired) electrons. The topological polar surface area (TPSA) is 75.2 Å². The molecule has 0 aliphatic heterocycles. The Balaban J connectivity index is 0.000000346. The maximum Gasteiger partial charge on any atom is 0.495 e. The van der Waals surface area contributed by atoms with E-state index in [9.17, 15) is 30.5 Å². The average Bonchev–Trinajstić information content (AvgIpc) is 2.62. The van der Waals surface area contributed by atoms with Crippen molar-refractivity contribution in [3.63, 3.8) is 0 Å². The predicted molar refractivity (Wildman–Crippen MR) is 65.8 cm³/mol. The number of hydrogen-bond acceptors (Lipinski definition) is 4. The van der Waals surface area contributed by atoms with Crippen LogP contribution >= 0.6 is 0 Å². The lowest BCUT2D eigenvalue weighted by Gasteiger charge is -2.01. The van der Waals surface area contributed by atoms with Crippen molar-refractivity contribution in [2.75, 3.05) is 7.11 Å². The zero-order valence-corrected chi connectivity index (χ0v) is 12.5. The largest absolute Gasteiger partial charge is 0.726 e. The van der Waals surface area contributed by atoms with Crippen LogP contribution < -0.4 is 4.57 Å². The van der Waals surface area contributed by atoms with Gasteiger partial charge in [-0.25, -0.2) is 21.9 Å². The van der Waals surface area contributed by atoms with Gasteiger partial charge in [0.15, 0.2) is 11.3 Å². The highest BCUT2D eigenvalue weighted by molar-refractivity contribution is 7.80. The number of aromatic nitrogens is 2. The zero-order chi connectivity index (χ0) is 17.3. The van der Waals surface area contributed by atoms with Gasteiger partial charge in [0.2, 0.25) is 15.9 Å². The fourth-order valence-corrected chi connectivity index (χ4v) is 1.93. The number of aryl methyl sites for hydroxylation is 2. The third-order valence-electron chi connectivity index (χ3n) is 2.76. The van der Waals surface area contributed by atoms with Crippen LogP contribution in [0.1, 0.15) is 5.82 Å². The molecule has 0 spiro atoms. The van der Waals surface area contributed by atoms with Crippen LogP contribution in [0.5, 0.6) is 0 Å². The lowest BCUT2D eigenvalue weighted by Crippen LogP contribution is -2.38. The highest BCUT2D eigenvalue weighted by Crippen LogP contribution is 2.29. The van der Waals surface area contributed by atoms with Gasteiger partial charge in [-0.2, -0.15) is 13.2 Å². The van der Waals surface area contributed by atoms with E-state index in [1.165, 1.54) is 26.2 Å². The molecule has 0 fully saturated rings. The van der Waals surface area contributed by atoms with Crippen LogP contribution in [0.4, 0.5) is 17.6 Å². The van der Waals surface area contributed by atoms with Crippen LogP contribution in [-0.2, 0) is 34.9 Å². The van der Waals surface area contributed by atoms with Crippen molar-refractivity contribution in [3.05, 3.63) is 29.8 Å². The Morgan fingerprint density at radius 1 is 1.32 bits per heavy atom.